The van der Waals surface area contributed by atoms with Gasteiger partial charge in [-0.25, -0.2) is 9.97 Å². The monoisotopic (exact) mass is 465 g/mol. The first-order chi connectivity index (χ1) is 12.1. The molecule has 1 aromatic carbocycles. The van der Waals surface area contributed by atoms with Gasteiger partial charge in [0.1, 0.15) is 0 Å². The average molecular weight is 466 g/mol. The van der Waals surface area contributed by atoms with Gasteiger partial charge in [0.2, 0.25) is 5.28 Å². The third-order valence-electron chi connectivity index (χ3n) is 4.84. The summed E-state index contributed by atoms with van der Waals surface area (Å²) in [4.78, 5) is 13.5. The van der Waals surface area contributed by atoms with Crippen LogP contribution in [-0.4, -0.2) is 26.7 Å². The predicted molar refractivity (Wildman–Crippen MR) is 107 cm³/mol. The van der Waals surface area contributed by atoms with Crippen molar-refractivity contribution in [1.82, 2.24) is 15.0 Å². The van der Waals surface area contributed by atoms with Crippen molar-refractivity contribution in [2.75, 3.05) is 6.61 Å². The minimum Gasteiger partial charge on any atom is -0.395 e. The van der Waals surface area contributed by atoms with E-state index in [4.69, 9.17) is 11.6 Å². The SMILES string of the molecule is OCC(CC1CC1)(c1ccccn1)c1nc(Cl)nc2ccc(I)cc12. The number of aliphatic hydroxyl groups is 1. The van der Waals surface area contributed by atoms with Gasteiger partial charge in [0.25, 0.3) is 0 Å². The second-order valence-electron chi connectivity index (χ2n) is 6.61. The number of fused-ring (bicyclic) bond motifs is 1. The van der Waals surface area contributed by atoms with E-state index in [-0.39, 0.29) is 11.9 Å². The number of aliphatic hydroxyl groups excluding tert-OH is 1. The van der Waals surface area contributed by atoms with Crippen LogP contribution in [0.5, 0.6) is 0 Å². The summed E-state index contributed by atoms with van der Waals surface area (Å²) in [6.07, 6.45) is 4.95. The number of nitrogens with zero attached hydrogens (tertiary/aromatic N) is 3. The molecule has 4 nitrogen and oxygen atoms in total. The summed E-state index contributed by atoms with van der Waals surface area (Å²) in [7, 11) is 0. The molecule has 3 aromatic rings. The molecule has 2 heterocycles. The third kappa shape index (κ3) is 3.25. The van der Waals surface area contributed by atoms with Crippen LogP contribution in [-0.2, 0) is 5.41 Å². The molecule has 4 rings (SSSR count). The number of hydrogen-bond acceptors (Lipinski definition) is 4. The molecule has 1 N–H and O–H groups in total. The van der Waals surface area contributed by atoms with Crippen molar-refractivity contribution in [1.29, 1.82) is 0 Å². The number of benzene rings is 1. The zero-order valence-corrected chi connectivity index (χ0v) is 16.4. The minimum absolute atomic E-state index is 0.0611. The van der Waals surface area contributed by atoms with Crippen molar-refractivity contribution in [3.05, 3.63) is 62.8 Å². The second kappa shape index (κ2) is 6.78. The van der Waals surface area contributed by atoms with Crippen molar-refractivity contribution in [2.45, 2.75) is 24.7 Å². The lowest BCUT2D eigenvalue weighted by Crippen LogP contribution is -2.35. The average Bonchev–Trinajstić information content (AvgIpc) is 3.44. The van der Waals surface area contributed by atoms with Crippen LogP contribution >= 0.6 is 34.2 Å². The summed E-state index contributed by atoms with van der Waals surface area (Å²) in [5.41, 5.74) is 1.73. The van der Waals surface area contributed by atoms with Gasteiger partial charge in [0, 0.05) is 15.2 Å². The summed E-state index contributed by atoms with van der Waals surface area (Å²) < 4.78 is 1.09. The third-order valence-corrected chi connectivity index (χ3v) is 5.68. The Balaban J connectivity index is 2.02. The Hall–Kier alpha value is -1.31. The van der Waals surface area contributed by atoms with Crippen LogP contribution in [0.1, 0.15) is 30.7 Å². The zero-order valence-electron chi connectivity index (χ0n) is 13.5. The molecule has 1 saturated carbocycles. The Labute approximate surface area is 164 Å². The van der Waals surface area contributed by atoms with Gasteiger partial charge in [-0.15, -0.1) is 0 Å². The maximum absolute atomic E-state index is 10.5. The highest BCUT2D eigenvalue weighted by atomic mass is 127. The highest BCUT2D eigenvalue weighted by Gasteiger charge is 2.43. The molecule has 0 radical (unpaired) electrons. The van der Waals surface area contributed by atoms with Crippen LogP contribution in [0.2, 0.25) is 5.28 Å². The van der Waals surface area contributed by atoms with Crippen molar-refractivity contribution < 1.29 is 5.11 Å². The van der Waals surface area contributed by atoms with E-state index in [2.05, 4.69) is 43.6 Å². The van der Waals surface area contributed by atoms with E-state index in [0.29, 0.717) is 5.92 Å². The second-order valence-corrected chi connectivity index (χ2v) is 8.19. The number of rotatable bonds is 5. The summed E-state index contributed by atoms with van der Waals surface area (Å²) in [5.74, 6) is 0.584. The number of aromatic nitrogens is 3. The fourth-order valence-corrected chi connectivity index (χ4v) is 4.11. The molecular formula is C19H17ClIN3O. The summed E-state index contributed by atoms with van der Waals surface area (Å²) >= 11 is 8.52. The first-order valence-electron chi connectivity index (χ1n) is 8.28. The van der Waals surface area contributed by atoms with E-state index in [1.165, 1.54) is 12.8 Å². The molecule has 0 aliphatic heterocycles. The standard InChI is InChI=1S/C19H17ClIN3O/c20-18-23-15-7-6-13(21)9-14(15)17(24-18)19(11-25,10-12-4-5-12)16-3-1-2-8-22-16/h1-3,6-9,12,25H,4-5,10-11H2. The Morgan fingerprint density at radius 2 is 2.04 bits per heavy atom. The van der Waals surface area contributed by atoms with Gasteiger partial charge in [-0.3, -0.25) is 4.98 Å². The molecule has 0 saturated heterocycles. The van der Waals surface area contributed by atoms with E-state index >= 15 is 0 Å². The summed E-state index contributed by atoms with van der Waals surface area (Å²) in [6, 6.07) is 11.8. The first kappa shape index (κ1) is 17.1. The maximum atomic E-state index is 10.5. The van der Waals surface area contributed by atoms with Crippen LogP contribution < -0.4 is 0 Å². The van der Waals surface area contributed by atoms with Gasteiger partial charge in [-0.2, -0.15) is 0 Å². The Morgan fingerprint density at radius 3 is 2.72 bits per heavy atom. The fourth-order valence-electron chi connectivity index (χ4n) is 3.44. The van der Waals surface area contributed by atoms with E-state index in [0.717, 1.165) is 32.3 Å². The largest absolute Gasteiger partial charge is 0.395 e. The molecule has 0 amide bonds. The van der Waals surface area contributed by atoms with Gasteiger partial charge in [-0.1, -0.05) is 18.9 Å². The Kier molecular flexibility index (Phi) is 4.64. The summed E-state index contributed by atoms with van der Waals surface area (Å²) in [5, 5.41) is 11.7. The van der Waals surface area contributed by atoms with Gasteiger partial charge in [0.05, 0.1) is 28.9 Å². The van der Waals surface area contributed by atoms with Crippen molar-refractivity contribution in [2.24, 2.45) is 5.92 Å². The maximum Gasteiger partial charge on any atom is 0.223 e. The number of pyridine rings is 1. The zero-order chi connectivity index (χ0) is 17.4. The molecule has 1 aliphatic rings. The smallest absolute Gasteiger partial charge is 0.223 e. The number of hydrogen-bond donors (Lipinski definition) is 1. The molecular weight excluding hydrogens is 449 g/mol. The molecule has 1 fully saturated rings. The van der Waals surface area contributed by atoms with Gasteiger partial charge in [0.15, 0.2) is 0 Å². The lowest BCUT2D eigenvalue weighted by atomic mass is 9.75. The number of halogens is 2. The molecule has 0 spiro atoms. The molecule has 25 heavy (non-hydrogen) atoms. The van der Waals surface area contributed by atoms with Crippen molar-refractivity contribution >= 4 is 45.1 Å². The Bertz CT molecular complexity index is 917. The molecule has 128 valence electrons. The molecule has 1 aliphatic carbocycles. The molecule has 0 bridgehead atoms. The molecule has 6 heteroatoms. The van der Waals surface area contributed by atoms with Crippen LogP contribution in [0.15, 0.2) is 42.6 Å². The minimum atomic E-state index is -0.669. The van der Waals surface area contributed by atoms with E-state index in [9.17, 15) is 5.11 Å². The highest BCUT2D eigenvalue weighted by Crippen LogP contribution is 2.46. The lowest BCUT2D eigenvalue weighted by Gasteiger charge is -2.32. The fraction of sp³-hybridized carbons (Fsp3) is 0.316. The van der Waals surface area contributed by atoms with Crippen LogP contribution in [0.4, 0.5) is 0 Å². The van der Waals surface area contributed by atoms with Crippen LogP contribution in [0, 0.1) is 9.49 Å². The van der Waals surface area contributed by atoms with E-state index < -0.39 is 5.41 Å². The van der Waals surface area contributed by atoms with Gasteiger partial charge in [-0.05, 0) is 76.9 Å². The van der Waals surface area contributed by atoms with Crippen LogP contribution in [0.3, 0.4) is 0 Å². The lowest BCUT2D eigenvalue weighted by molar-refractivity contribution is 0.200. The molecule has 1 atom stereocenters. The van der Waals surface area contributed by atoms with Gasteiger partial charge < -0.3 is 5.11 Å². The highest BCUT2D eigenvalue weighted by molar-refractivity contribution is 14.1. The topological polar surface area (TPSA) is 58.9 Å². The quantitative estimate of drug-likeness (QED) is 0.449. The molecule has 2 aromatic heterocycles. The van der Waals surface area contributed by atoms with Crippen molar-refractivity contribution in [3.8, 4) is 0 Å². The van der Waals surface area contributed by atoms with E-state index in [1.54, 1.807) is 6.20 Å². The molecule has 1 unspecified atom stereocenters. The van der Waals surface area contributed by atoms with E-state index in [1.807, 2.05) is 30.3 Å². The van der Waals surface area contributed by atoms with Gasteiger partial charge >= 0.3 is 0 Å². The van der Waals surface area contributed by atoms with Crippen LogP contribution in [0.25, 0.3) is 10.9 Å². The summed E-state index contributed by atoms with van der Waals surface area (Å²) in [6.45, 7) is -0.0611. The first-order valence-corrected chi connectivity index (χ1v) is 9.74. The normalized spacial score (nSPS) is 16.8. The Morgan fingerprint density at radius 1 is 1.20 bits per heavy atom. The predicted octanol–water partition coefficient (Wildman–Crippen LogP) is 4.36. The van der Waals surface area contributed by atoms with Crippen molar-refractivity contribution in [3.63, 3.8) is 0 Å².